The van der Waals surface area contributed by atoms with Crippen LogP contribution >= 0.6 is 11.8 Å². The van der Waals surface area contributed by atoms with Crippen LogP contribution in [0.1, 0.15) is 10.4 Å². The zero-order chi connectivity index (χ0) is 14.1. The fourth-order valence-corrected chi connectivity index (χ4v) is 3.20. The van der Waals surface area contributed by atoms with Gasteiger partial charge in [-0.3, -0.25) is 4.79 Å². The van der Waals surface area contributed by atoms with Gasteiger partial charge in [0.25, 0.3) is 5.91 Å². The van der Waals surface area contributed by atoms with Crippen molar-refractivity contribution in [1.82, 2.24) is 0 Å². The number of hydrogen-bond acceptors (Lipinski definition) is 3. The quantitative estimate of drug-likeness (QED) is 0.820. The van der Waals surface area contributed by atoms with E-state index in [1.54, 1.807) is 34.9 Å². The molecule has 0 saturated heterocycles. The largest absolute Gasteiger partial charge is 0.399 e. The Hall–Kier alpha value is -2.01. The number of hydrogen-bond donors (Lipinski definition) is 1. The number of nitrogens with two attached hydrogens (primary N) is 1. The van der Waals surface area contributed by atoms with Gasteiger partial charge in [0.2, 0.25) is 0 Å². The Labute approximate surface area is 120 Å². The van der Waals surface area contributed by atoms with Crippen LogP contribution in [0, 0.1) is 5.82 Å². The van der Waals surface area contributed by atoms with Gasteiger partial charge in [0.15, 0.2) is 0 Å². The second kappa shape index (κ2) is 5.17. The van der Waals surface area contributed by atoms with Gasteiger partial charge in [-0.1, -0.05) is 6.07 Å². The maximum atomic E-state index is 13.3. The predicted octanol–water partition coefficient (Wildman–Crippen LogP) is 3.16. The van der Waals surface area contributed by atoms with Gasteiger partial charge in [0.1, 0.15) is 5.82 Å². The van der Waals surface area contributed by atoms with Crippen molar-refractivity contribution in [3.05, 3.63) is 53.8 Å². The molecule has 0 saturated carbocycles. The standard InChI is InChI=1S/C15H13FN2OS/c16-11-3-1-2-10(8-11)15(19)18-6-7-20-14-5-4-12(17)9-13(14)18/h1-5,8-9H,6-7,17H2. The van der Waals surface area contributed by atoms with E-state index in [4.69, 9.17) is 5.73 Å². The van der Waals surface area contributed by atoms with Gasteiger partial charge < -0.3 is 10.6 Å². The Morgan fingerprint density at radius 2 is 2.10 bits per heavy atom. The number of thioether (sulfide) groups is 1. The smallest absolute Gasteiger partial charge is 0.258 e. The van der Waals surface area contributed by atoms with Crippen molar-refractivity contribution in [2.24, 2.45) is 0 Å². The van der Waals surface area contributed by atoms with Crippen LogP contribution in [0.2, 0.25) is 0 Å². The summed E-state index contributed by atoms with van der Waals surface area (Å²) in [5.41, 5.74) is 7.57. The lowest BCUT2D eigenvalue weighted by molar-refractivity contribution is 0.0987. The molecule has 1 heterocycles. The summed E-state index contributed by atoms with van der Waals surface area (Å²) >= 11 is 1.69. The minimum atomic E-state index is -0.407. The van der Waals surface area contributed by atoms with Crippen LogP contribution in [0.5, 0.6) is 0 Å². The molecule has 2 aromatic rings. The van der Waals surface area contributed by atoms with E-state index in [0.717, 1.165) is 16.3 Å². The number of fused-ring (bicyclic) bond motifs is 1. The monoisotopic (exact) mass is 288 g/mol. The maximum absolute atomic E-state index is 13.3. The SMILES string of the molecule is Nc1ccc2c(c1)N(C(=O)c1cccc(F)c1)CCS2. The van der Waals surface area contributed by atoms with Crippen LogP contribution in [0.15, 0.2) is 47.4 Å². The lowest BCUT2D eigenvalue weighted by Crippen LogP contribution is -2.35. The molecule has 3 nitrogen and oxygen atoms in total. The molecule has 3 rings (SSSR count). The van der Waals surface area contributed by atoms with Crippen LogP contribution in [0.25, 0.3) is 0 Å². The highest BCUT2D eigenvalue weighted by atomic mass is 32.2. The van der Waals surface area contributed by atoms with Crippen molar-refractivity contribution < 1.29 is 9.18 Å². The maximum Gasteiger partial charge on any atom is 0.258 e. The number of amides is 1. The van der Waals surface area contributed by atoms with E-state index in [0.29, 0.717) is 17.8 Å². The van der Waals surface area contributed by atoms with Crippen LogP contribution in [0.3, 0.4) is 0 Å². The molecule has 0 radical (unpaired) electrons. The van der Waals surface area contributed by atoms with Crippen molar-refractivity contribution in [1.29, 1.82) is 0 Å². The Kier molecular flexibility index (Phi) is 3.36. The molecule has 0 bridgehead atoms. The highest BCUT2D eigenvalue weighted by molar-refractivity contribution is 7.99. The molecule has 5 heteroatoms. The first-order valence-corrected chi connectivity index (χ1v) is 7.23. The molecule has 2 aromatic carbocycles. The predicted molar refractivity (Wildman–Crippen MR) is 79.7 cm³/mol. The van der Waals surface area contributed by atoms with Crippen LogP contribution in [0.4, 0.5) is 15.8 Å². The van der Waals surface area contributed by atoms with Crippen molar-refractivity contribution >= 4 is 29.0 Å². The highest BCUT2D eigenvalue weighted by Crippen LogP contribution is 2.36. The Morgan fingerprint density at radius 3 is 2.90 bits per heavy atom. The fraction of sp³-hybridized carbons (Fsp3) is 0.133. The molecule has 1 aliphatic heterocycles. The van der Waals surface area contributed by atoms with E-state index in [9.17, 15) is 9.18 Å². The number of halogens is 1. The van der Waals surface area contributed by atoms with E-state index < -0.39 is 5.82 Å². The molecule has 0 unspecified atom stereocenters. The average molecular weight is 288 g/mol. The number of anilines is 2. The van der Waals surface area contributed by atoms with Crippen molar-refractivity contribution in [3.8, 4) is 0 Å². The zero-order valence-electron chi connectivity index (χ0n) is 10.7. The fourth-order valence-electron chi connectivity index (χ4n) is 2.22. The zero-order valence-corrected chi connectivity index (χ0v) is 11.5. The molecule has 2 N–H and O–H groups in total. The number of carbonyl (C=O) groups is 1. The van der Waals surface area contributed by atoms with Gasteiger partial charge in [-0.2, -0.15) is 0 Å². The molecule has 0 aliphatic carbocycles. The molecule has 0 spiro atoms. The molecule has 0 atom stereocenters. The molecule has 20 heavy (non-hydrogen) atoms. The van der Waals surface area contributed by atoms with Crippen LogP contribution in [-0.4, -0.2) is 18.2 Å². The summed E-state index contributed by atoms with van der Waals surface area (Å²) in [5.74, 6) is 0.213. The van der Waals surface area contributed by atoms with Gasteiger partial charge in [-0.25, -0.2) is 4.39 Å². The molecule has 0 fully saturated rings. The highest BCUT2D eigenvalue weighted by Gasteiger charge is 2.24. The number of nitrogens with zero attached hydrogens (tertiary/aromatic N) is 1. The summed E-state index contributed by atoms with van der Waals surface area (Å²) in [6, 6.07) is 11.3. The summed E-state index contributed by atoms with van der Waals surface area (Å²) in [5, 5.41) is 0. The normalized spacial score (nSPS) is 13.9. The van der Waals surface area contributed by atoms with Gasteiger partial charge >= 0.3 is 0 Å². The average Bonchev–Trinajstić information content (AvgIpc) is 2.46. The molecule has 102 valence electrons. The molecule has 1 amide bonds. The van der Waals surface area contributed by atoms with Gasteiger partial charge in [-0.05, 0) is 36.4 Å². The number of carbonyl (C=O) groups excluding carboxylic acids is 1. The second-order valence-corrected chi connectivity index (χ2v) is 5.68. The molecule has 0 aromatic heterocycles. The van der Waals surface area contributed by atoms with E-state index in [1.807, 2.05) is 12.1 Å². The third-order valence-corrected chi connectivity index (χ3v) is 4.21. The van der Waals surface area contributed by atoms with Crippen LogP contribution in [-0.2, 0) is 0 Å². The first-order chi connectivity index (χ1) is 9.65. The number of rotatable bonds is 1. The van der Waals surface area contributed by atoms with Crippen LogP contribution < -0.4 is 10.6 Å². The topological polar surface area (TPSA) is 46.3 Å². The first-order valence-electron chi connectivity index (χ1n) is 6.25. The summed E-state index contributed by atoms with van der Waals surface area (Å²) in [6.07, 6.45) is 0. The summed E-state index contributed by atoms with van der Waals surface area (Å²) in [7, 11) is 0. The second-order valence-electron chi connectivity index (χ2n) is 4.54. The van der Waals surface area contributed by atoms with E-state index in [1.165, 1.54) is 12.1 Å². The van der Waals surface area contributed by atoms with Crippen molar-refractivity contribution in [2.75, 3.05) is 22.9 Å². The van der Waals surface area contributed by atoms with E-state index in [2.05, 4.69) is 0 Å². The summed E-state index contributed by atoms with van der Waals surface area (Å²) in [4.78, 5) is 15.2. The molecular weight excluding hydrogens is 275 g/mol. The summed E-state index contributed by atoms with van der Waals surface area (Å²) in [6.45, 7) is 0.594. The third kappa shape index (κ3) is 2.36. The third-order valence-electron chi connectivity index (χ3n) is 3.16. The lowest BCUT2D eigenvalue weighted by atomic mass is 10.1. The Balaban J connectivity index is 2.00. The van der Waals surface area contributed by atoms with Gasteiger partial charge in [-0.15, -0.1) is 11.8 Å². The van der Waals surface area contributed by atoms with Crippen molar-refractivity contribution in [3.63, 3.8) is 0 Å². The van der Waals surface area contributed by atoms with Gasteiger partial charge in [0, 0.05) is 28.4 Å². The number of nitrogen functional groups attached to an aromatic ring is 1. The Bertz CT molecular complexity index is 675. The van der Waals surface area contributed by atoms with Crippen molar-refractivity contribution in [2.45, 2.75) is 4.90 Å². The molecular formula is C15H13FN2OS. The molecule has 1 aliphatic rings. The Morgan fingerprint density at radius 1 is 1.25 bits per heavy atom. The minimum Gasteiger partial charge on any atom is -0.399 e. The minimum absolute atomic E-state index is 0.198. The van der Waals surface area contributed by atoms with Gasteiger partial charge in [0.05, 0.1) is 5.69 Å². The van der Waals surface area contributed by atoms with E-state index in [-0.39, 0.29) is 5.91 Å². The summed E-state index contributed by atoms with van der Waals surface area (Å²) < 4.78 is 13.3. The number of benzene rings is 2. The van der Waals surface area contributed by atoms with E-state index >= 15 is 0 Å². The lowest BCUT2D eigenvalue weighted by Gasteiger charge is -2.29. The first kappa shape index (κ1) is 13.0.